The van der Waals surface area contributed by atoms with Gasteiger partial charge in [0.05, 0.1) is 21.8 Å². The summed E-state index contributed by atoms with van der Waals surface area (Å²) in [5, 5.41) is 4.40. The van der Waals surface area contributed by atoms with Crippen LogP contribution in [-0.4, -0.2) is 24.2 Å². The number of anilines is 2. The lowest BCUT2D eigenvalue weighted by Crippen LogP contribution is -2.50. The highest BCUT2D eigenvalue weighted by Gasteiger charge is 2.73. The SMILES string of the molecule is O=C(Nc1c(I)cc(C(F)(C(F)(F)F)C(F)(F)F)cc1C(F)(F)F)c1cccc(NC(=O)c2ccc(Cl)cc2Cl)c1. The number of alkyl halides is 10. The standard InChI is InChI=1S/C24H11Cl2F10IN2O2/c25-12-4-5-14(16(26)9-12)20(41)38-13-3-1-2-10(6-13)19(40)39-18-15(22(28,29)30)7-11(8-17(18)37)21(27,23(31,32)33)24(34,35)36/h1-9H,(H,38,41)(H,39,40). The van der Waals surface area contributed by atoms with Crippen LogP contribution in [0, 0.1) is 3.57 Å². The molecule has 0 aliphatic rings. The summed E-state index contributed by atoms with van der Waals surface area (Å²) in [6, 6.07) is 7.82. The van der Waals surface area contributed by atoms with Gasteiger partial charge in [-0.05, 0) is 71.1 Å². The fourth-order valence-electron chi connectivity index (χ4n) is 3.44. The van der Waals surface area contributed by atoms with E-state index in [1.807, 2.05) is 0 Å². The van der Waals surface area contributed by atoms with E-state index in [-0.39, 0.29) is 32.9 Å². The van der Waals surface area contributed by atoms with Gasteiger partial charge in [0.15, 0.2) is 0 Å². The molecule has 0 radical (unpaired) electrons. The number of rotatable bonds is 5. The second kappa shape index (κ2) is 11.5. The molecule has 0 saturated carbocycles. The second-order valence-corrected chi connectivity index (χ2v) is 10.2. The molecule has 220 valence electrons. The van der Waals surface area contributed by atoms with E-state index in [9.17, 15) is 53.5 Å². The minimum atomic E-state index is -6.66. The number of amides is 2. The molecule has 0 fully saturated rings. The molecule has 0 saturated heterocycles. The minimum Gasteiger partial charge on any atom is -0.322 e. The molecule has 3 rings (SSSR count). The Kier molecular flexibility index (Phi) is 9.16. The van der Waals surface area contributed by atoms with Crippen molar-refractivity contribution in [2.45, 2.75) is 24.2 Å². The number of hydrogen-bond acceptors (Lipinski definition) is 2. The second-order valence-electron chi connectivity index (χ2n) is 8.15. The minimum absolute atomic E-state index is 0.0166. The van der Waals surface area contributed by atoms with Crippen molar-refractivity contribution in [3.8, 4) is 0 Å². The van der Waals surface area contributed by atoms with Gasteiger partial charge >= 0.3 is 24.2 Å². The Morgan fingerprint density at radius 3 is 1.88 bits per heavy atom. The Labute approximate surface area is 247 Å². The summed E-state index contributed by atoms with van der Waals surface area (Å²) in [6.45, 7) is 0. The average molecular weight is 747 g/mol. The topological polar surface area (TPSA) is 58.2 Å². The first-order chi connectivity index (χ1) is 18.7. The van der Waals surface area contributed by atoms with Crippen LogP contribution in [0.2, 0.25) is 10.0 Å². The normalized spacial score (nSPS) is 12.7. The van der Waals surface area contributed by atoms with Crippen LogP contribution in [-0.2, 0) is 11.8 Å². The smallest absolute Gasteiger partial charge is 0.322 e. The number of carbonyl (C=O) groups excluding carboxylic acids is 2. The van der Waals surface area contributed by atoms with E-state index in [0.29, 0.717) is 0 Å². The van der Waals surface area contributed by atoms with Gasteiger partial charge in [0.25, 0.3) is 11.8 Å². The van der Waals surface area contributed by atoms with Gasteiger partial charge in [-0.1, -0.05) is 29.3 Å². The van der Waals surface area contributed by atoms with Crippen LogP contribution in [0.4, 0.5) is 55.3 Å². The van der Waals surface area contributed by atoms with Crippen LogP contribution in [0.25, 0.3) is 0 Å². The summed E-state index contributed by atoms with van der Waals surface area (Å²) in [7, 11) is 0. The average Bonchev–Trinajstić information content (AvgIpc) is 2.82. The zero-order valence-corrected chi connectivity index (χ0v) is 23.1. The molecular weight excluding hydrogens is 736 g/mol. The Morgan fingerprint density at radius 1 is 0.732 bits per heavy atom. The van der Waals surface area contributed by atoms with Gasteiger partial charge < -0.3 is 10.6 Å². The zero-order valence-electron chi connectivity index (χ0n) is 19.4. The van der Waals surface area contributed by atoms with Crippen molar-refractivity contribution in [1.29, 1.82) is 0 Å². The first-order valence-corrected chi connectivity index (χ1v) is 12.4. The van der Waals surface area contributed by atoms with Crippen LogP contribution in [0.5, 0.6) is 0 Å². The van der Waals surface area contributed by atoms with E-state index in [0.717, 1.165) is 34.7 Å². The predicted octanol–water partition coefficient (Wildman–Crippen LogP) is 9.41. The summed E-state index contributed by atoms with van der Waals surface area (Å²) in [6.07, 6.45) is -18.9. The van der Waals surface area contributed by atoms with Crippen molar-refractivity contribution in [1.82, 2.24) is 0 Å². The molecule has 0 aliphatic carbocycles. The van der Waals surface area contributed by atoms with E-state index >= 15 is 0 Å². The molecule has 3 aromatic rings. The van der Waals surface area contributed by atoms with Gasteiger partial charge in [0.1, 0.15) is 0 Å². The zero-order chi connectivity index (χ0) is 31.1. The van der Waals surface area contributed by atoms with Crippen molar-refractivity contribution >= 4 is 69.0 Å². The molecule has 17 heteroatoms. The van der Waals surface area contributed by atoms with Crippen LogP contribution < -0.4 is 10.6 Å². The van der Waals surface area contributed by atoms with E-state index in [1.165, 1.54) is 30.3 Å². The van der Waals surface area contributed by atoms with Gasteiger partial charge in [-0.3, -0.25) is 9.59 Å². The van der Waals surface area contributed by atoms with Crippen molar-refractivity contribution in [3.63, 3.8) is 0 Å². The van der Waals surface area contributed by atoms with Crippen LogP contribution in [0.1, 0.15) is 31.8 Å². The highest BCUT2D eigenvalue weighted by atomic mass is 127. The predicted molar refractivity (Wildman–Crippen MR) is 138 cm³/mol. The molecule has 41 heavy (non-hydrogen) atoms. The maximum atomic E-state index is 14.5. The number of nitrogens with one attached hydrogen (secondary N) is 2. The fourth-order valence-corrected chi connectivity index (χ4v) is 4.70. The van der Waals surface area contributed by atoms with Crippen molar-refractivity contribution < 1.29 is 53.5 Å². The van der Waals surface area contributed by atoms with Gasteiger partial charge in [0.2, 0.25) is 0 Å². The summed E-state index contributed by atoms with van der Waals surface area (Å²) in [5.41, 5.74) is -12.3. The largest absolute Gasteiger partial charge is 0.435 e. The third-order valence-electron chi connectivity index (χ3n) is 5.37. The quantitative estimate of drug-likeness (QED) is 0.202. The molecule has 0 aromatic heterocycles. The van der Waals surface area contributed by atoms with Crippen LogP contribution in [0.3, 0.4) is 0 Å². The Hall–Kier alpha value is -2.79. The number of benzene rings is 3. The lowest BCUT2D eigenvalue weighted by molar-refractivity contribution is -0.348. The monoisotopic (exact) mass is 746 g/mol. The summed E-state index contributed by atoms with van der Waals surface area (Å²) >= 11 is 12.7. The fraction of sp³-hybridized carbons (Fsp3) is 0.167. The summed E-state index contributed by atoms with van der Waals surface area (Å²) in [4.78, 5) is 25.3. The number of halogens is 13. The molecule has 0 heterocycles. The van der Waals surface area contributed by atoms with Gasteiger partial charge in [0, 0.05) is 25.4 Å². The van der Waals surface area contributed by atoms with Gasteiger partial charge in [-0.15, -0.1) is 0 Å². The maximum Gasteiger partial charge on any atom is 0.435 e. The molecule has 2 N–H and O–H groups in total. The lowest BCUT2D eigenvalue weighted by Gasteiger charge is -2.31. The van der Waals surface area contributed by atoms with Crippen molar-refractivity contribution in [2.75, 3.05) is 10.6 Å². The van der Waals surface area contributed by atoms with Crippen molar-refractivity contribution in [2.24, 2.45) is 0 Å². The number of hydrogen-bond donors (Lipinski definition) is 2. The first-order valence-electron chi connectivity index (χ1n) is 10.6. The molecule has 0 bridgehead atoms. The van der Waals surface area contributed by atoms with Crippen molar-refractivity contribution in [3.05, 3.63) is 90.5 Å². The molecular formula is C24H11Cl2F10IN2O2. The van der Waals surface area contributed by atoms with E-state index < -0.39 is 62.5 Å². The lowest BCUT2D eigenvalue weighted by atomic mass is 9.92. The Bertz CT molecular complexity index is 1490. The Morgan fingerprint density at radius 2 is 1.34 bits per heavy atom. The molecule has 4 nitrogen and oxygen atoms in total. The van der Waals surface area contributed by atoms with E-state index in [2.05, 4.69) is 5.32 Å². The molecule has 0 spiro atoms. The molecule has 0 atom stereocenters. The molecule has 0 unspecified atom stereocenters. The highest BCUT2D eigenvalue weighted by Crippen LogP contribution is 2.54. The molecule has 2 amide bonds. The third kappa shape index (κ3) is 6.83. The summed E-state index contributed by atoms with van der Waals surface area (Å²) < 4.78 is 134. The third-order valence-corrected chi connectivity index (χ3v) is 6.77. The summed E-state index contributed by atoms with van der Waals surface area (Å²) in [5.74, 6) is -2.04. The van der Waals surface area contributed by atoms with E-state index in [1.54, 1.807) is 5.32 Å². The molecule has 3 aromatic carbocycles. The first kappa shape index (κ1) is 32.7. The number of carbonyl (C=O) groups is 2. The van der Waals surface area contributed by atoms with Crippen LogP contribution >= 0.6 is 45.8 Å². The van der Waals surface area contributed by atoms with Gasteiger partial charge in [-0.2, -0.15) is 39.5 Å². The van der Waals surface area contributed by atoms with Crippen LogP contribution in [0.15, 0.2) is 54.6 Å². The van der Waals surface area contributed by atoms with E-state index in [4.69, 9.17) is 23.2 Å². The highest BCUT2D eigenvalue weighted by molar-refractivity contribution is 14.1. The molecule has 0 aliphatic heterocycles. The van der Waals surface area contributed by atoms with Gasteiger partial charge in [-0.25, -0.2) is 4.39 Å². The maximum absolute atomic E-state index is 14.5. The Balaban J connectivity index is 1.99.